The third-order valence-corrected chi connectivity index (χ3v) is 8.25. The van der Waals surface area contributed by atoms with Crippen molar-refractivity contribution in [1.82, 2.24) is 5.32 Å². The zero-order valence-electron chi connectivity index (χ0n) is 33.1. The second-order valence-corrected chi connectivity index (χ2v) is 12.7. The fourth-order valence-electron chi connectivity index (χ4n) is 5.18. The summed E-state index contributed by atoms with van der Waals surface area (Å²) in [5.74, 6) is 53.4. The zero-order valence-corrected chi connectivity index (χ0v) is 33.1. The van der Waals surface area contributed by atoms with Crippen LogP contribution in [0.3, 0.4) is 0 Å². The molecule has 10 heteroatoms. The van der Waals surface area contributed by atoms with Crippen LogP contribution in [0.4, 0.5) is 0 Å². The molecule has 0 aliphatic carbocycles. The van der Waals surface area contributed by atoms with Crippen LogP contribution in [0.1, 0.15) is 97.3 Å². The zero-order chi connectivity index (χ0) is 42.5. The Morgan fingerprint density at radius 1 is 0.603 bits per heavy atom. The van der Waals surface area contributed by atoms with Gasteiger partial charge >= 0.3 is 0 Å². The van der Waals surface area contributed by atoms with Crippen molar-refractivity contribution >= 4 is 5.91 Å². The van der Waals surface area contributed by atoms with Crippen molar-refractivity contribution in [3.8, 4) is 130 Å². The predicted octanol–water partition coefficient (Wildman–Crippen LogP) is 1.16. The molecule has 10 nitrogen and oxygen atoms in total. The Morgan fingerprint density at radius 2 is 1.02 bits per heavy atom. The van der Waals surface area contributed by atoms with Crippen molar-refractivity contribution in [1.29, 1.82) is 0 Å². The number of hydrogen-bond acceptors (Lipinski definition) is 9. The van der Waals surface area contributed by atoms with Gasteiger partial charge in [-0.15, -0.1) is 0 Å². The van der Waals surface area contributed by atoms with Crippen molar-refractivity contribution in [2.24, 2.45) is 0 Å². The molecule has 2 unspecified atom stereocenters. The van der Waals surface area contributed by atoms with E-state index in [0.717, 1.165) is 19.3 Å². The maximum Gasteiger partial charge on any atom is 0.297 e. The number of aliphatic hydroxyl groups is 6. The van der Waals surface area contributed by atoms with Crippen LogP contribution < -0.4 is 5.32 Å². The van der Waals surface area contributed by atoms with Crippen LogP contribution in [0, 0.1) is 130 Å². The molecule has 0 bridgehead atoms. The van der Waals surface area contributed by atoms with Gasteiger partial charge in [0.05, 0.1) is 25.4 Å². The molecule has 58 heavy (non-hydrogen) atoms. The summed E-state index contributed by atoms with van der Waals surface area (Å²) >= 11 is 0. The van der Waals surface area contributed by atoms with Crippen LogP contribution >= 0.6 is 0 Å². The number of ether oxygens (including phenoxy) is 2. The topological polar surface area (TPSA) is 169 Å². The van der Waals surface area contributed by atoms with E-state index in [1.54, 1.807) is 6.92 Å². The van der Waals surface area contributed by atoms with E-state index >= 15 is 0 Å². The third-order valence-electron chi connectivity index (χ3n) is 8.25. The second kappa shape index (κ2) is 34.5. The number of hydrogen-bond donors (Lipinski definition) is 7. The van der Waals surface area contributed by atoms with E-state index in [1.165, 1.54) is 51.4 Å². The SMILES string of the molecule is CC#CC#CC#CC#CC#CC#CC#CC#CC#CC#CC#CC(=O)N[C@@H](CO[C@H]1OC(CO)[C@H](O)[C@H](O)C1O)[C@H](O)[C@H](O)CCCCCCCCCCCCCC. The lowest BCUT2D eigenvalue weighted by molar-refractivity contribution is -0.303. The minimum absolute atomic E-state index is 0.261. The van der Waals surface area contributed by atoms with Crippen LogP contribution in [0.2, 0.25) is 0 Å². The maximum absolute atomic E-state index is 12.7. The lowest BCUT2D eigenvalue weighted by Crippen LogP contribution is -2.60. The normalized spacial score (nSPS) is 18.2. The van der Waals surface area contributed by atoms with Gasteiger partial charge in [-0.1, -0.05) is 89.9 Å². The lowest BCUT2D eigenvalue weighted by Gasteiger charge is -2.40. The summed E-state index contributed by atoms with van der Waals surface area (Å²) in [6.45, 7) is 2.74. The van der Waals surface area contributed by atoms with Gasteiger partial charge in [0.15, 0.2) is 6.29 Å². The molecule has 0 aromatic heterocycles. The summed E-state index contributed by atoms with van der Waals surface area (Å²) in [6.07, 6.45) is 3.51. The molecule has 0 aromatic carbocycles. The Morgan fingerprint density at radius 3 is 1.45 bits per heavy atom. The highest BCUT2D eigenvalue weighted by Gasteiger charge is 2.44. The highest BCUT2D eigenvalue weighted by Crippen LogP contribution is 2.23. The van der Waals surface area contributed by atoms with Crippen LogP contribution in [0.15, 0.2) is 0 Å². The average Bonchev–Trinajstić information content (AvgIpc) is 3.22. The van der Waals surface area contributed by atoms with Gasteiger partial charge in [0.25, 0.3) is 5.91 Å². The van der Waals surface area contributed by atoms with Gasteiger partial charge in [0.2, 0.25) is 0 Å². The van der Waals surface area contributed by atoms with Crippen molar-refractivity contribution in [2.75, 3.05) is 13.2 Å². The van der Waals surface area contributed by atoms with E-state index in [-0.39, 0.29) is 6.42 Å². The van der Waals surface area contributed by atoms with E-state index in [4.69, 9.17) is 9.47 Å². The van der Waals surface area contributed by atoms with E-state index in [1.807, 2.05) is 0 Å². The maximum atomic E-state index is 12.7. The Kier molecular flexibility index (Phi) is 30.0. The minimum Gasteiger partial charge on any atom is -0.394 e. The van der Waals surface area contributed by atoms with Crippen molar-refractivity contribution in [3.63, 3.8) is 0 Å². The molecule has 7 N–H and O–H groups in total. The molecule has 0 aromatic rings. The van der Waals surface area contributed by atoms with Crippen LogP contribution in [0.25, 0.3) is 0 Å². The first kappa shape index (κ1) is 50.3. The summed E-state index contributed by atoms with van der Waals surface area (Å²) in [7, 11) is 0. The molecular weight excluding hydrogens is 735 g/mol. The van der Waals surface area contributed by atoms with Crippen molar-refractivity contribution < 1.29 is 44.9 Å². The Hall–Kier alpha value is -5.69. The highest BCUT2D eigenvalue weighted by molar-refractivity contribution is 5.94. The first-order valence-corrected chi connectivity index (χ1v) is 19.3. The first-order valence-electron chi connectivity index (χ1n) is 19.3. The molecule has 0 radical (unpaired) electrons. The molecule has 0 saturated carbocycles. The number of aliphatic hydroxyl groups excluding tert-OH is 6. The molecular formula is C48H51NO9. The molecule has 1 aliphatic heterocycles. The molecule has 8 atom stereocenters. The molecule has 1 aliphatic rings. The highest BCUT2D eigenvalue weighted by atomic mass is 16.7. The monoisotopic (exact) mass is 785 g/mol. The fraction of sp³-hybridized carbons (Fsp3) is 0.521. The summed E-state index contributed by atoms with van der Waals surface area (Å²) in [6, 6.07) is -1.23. The number of carbonyl (C=O) groups excluding carboxylic acids is 1. The van der Waals surface area contributed by atoms with Gasteiger partial charge in [0, 0.05) is 29.6 Å². The van der Waals surface area contributed by atoms with Gasteiger partial charge in [-0.05, 0) is 108 Å². The van der Waals surface area contributed by atoms with E-state index in [2.05, 4.69) is 142 Å². The molecule has 1 amide bonds. The molecule has 0 spiro atoms. The second-order valence-electron chi connectivity index (χ2n) is 12.7. The number of rotatable bonds is 20. The van der Waals surface area contributed by atoms with Gasteiger partial charge in [-0.3, -0.25) is 4.79 Å². The van der Waals surface area contributed by atoms with Gasteiger partial charge in [0.1, 0.15) is 30.5 Å². The van der Waals surface area contributed by atoms with Gasteiger partial charge in [-0.2, -0.15) is 0 Å². The number of amides is 1. The molecule has 1 rings (SSSR count). The largest absolute Gasteiger partial charge is 0.394 e. The quantitative estimate of drug-likeness (QED) is 0.0708. The third kappa shape index (κ3) is 24.7. The standard InChI is InChI=1S/C48H51NO9/c1-3-5-7-9-11-13-15-17-18-19-20-21-22-23-24-25-27-29-31-33-35-37-43(52)49-40(39-57-48-47(56)46(55)45(54)42(38-50)58-48)44(53)41(51)36-34-32-30-28-26-16-14-12-10-8-6-4-2/h40-42,44-48,50-51,53-56H,4,6,8,10,12,14,16,26,28,30,32,34,36,38-39H2,1-2H3,(H,49,52)/t40-,41+,42?,44-,45-,46-,47?,48-/m0/s1. The van der Waals surface area contributed by atoms with Crippen LogP contribution in [-0.2, 0) is 14.3 Å². The predicted molar refractivity (Wildman–Crippen MR) is 221 cm³/mol. The lowest BCUT2D eigenvalue weighted by atomic mass is 9.98. The van der Waals surface area contributed by atoms with E-state index in [0.29, 0.717) is 6.42 Å². The van der Waals surface area contributed by atoms with Crippen molar-refractivity contribution in [2.45, 2.75) is 146 Å². The van der Waals surface area contributed by atoms with Crippen LogP contribution in [0.5, 0.6) is 0 Å². The van der Waals surface area contributed by atoms with E-state index < -0.39 is 68.1 Å². The summed E-state index contributed by atoms with van der Waals surface area (Å²) in [5.41, 5.74) is 0. The fourth-order valence-corrected chi connectivity index (χ4v) is 5.18. The minimum atomic E-state index is -1.70. The summed E-state index contributed by atoms with van der Waals surface area (Å²) < 4.78 is 10.9. The van der Waals surface area contributed by atoms with Crippen molar-refractivity contribution in [3.05, 3.63) is 0 Å². The Bertz CT molecular complexity index is 2000. The summed E-state index contributed by atoms with van der Waals surface area (Å²) in [5, 5.41) is 64.3. The van der Waals surface area contributed by atoms with E-state index in [9.17, 15) is 35.4 Å². The Labute approximate surface area is 345 Å². The summed E-state index contributed by atoms with van der Waals surface area (Å²) in [4.78, 5) is 12.7. The molecule has 1 heterocycles. The molecule has 1 saturated heterocycles. The van der Waals surface area contributed by atoms with Gasteiger partial charge in [-0.25, -0.2) is 0 Å². The average molecular weight is 786 g/mol. The van der Waals surface area contributed by atoms with Gasteiger partial charge < -0.3 is 45.4 Å². The molecule has 302 valence electrons. The number of nitrogens with one attached hydrogen (secondary N) is 1. The number of carbonyl (C=O) groups is 1. The number of unbranched alkanes of at least 4 members (excludes halogenated alkanes) is 11. The first-order chi connectivity index (χ1) is 28.3. The van der Waals surface area contributed by atoms with Crippen LogP contribution in [-0.4, -0.2) is 98.7 Å². The Balaban J connectivity index is 2.74. The molecule has 1 fully saturated rings. The smallest absolute Gasteiger partial charge is 0.297 e.